The zero-order valence-corrected chi connectivity index (χ0v) is 10.3. The standard InChI is InChI=1S/C11H22N2S/c1-4-5-6-7-9-8(2)10(14-3)11(12)13-9/h8-10H,4-7H2,1-3H3,(H2,12,13)/t8-,9+,10-/m1/s1. The van der Waals surface area contributed by atoms with E-state index in [4.69, 9.17) is 5.73 Å². The van der Waals surface area contributed by atoms with Crippen LogP contribution in [0.25, 0.3) is 0 Å². The van der Waals surface area contributed by atoms with E-state index < -0.39 is 0 Å². The lowest BCUT2D eigenvalue weighted by atomic mass is 9.96. The molecule has 0 bridgehead atoms. The summed E-state index contributed by atoms with van der Waals surface area (Å²) < 4.78 is 0. The number of nitrogens with zero attached hydrogens (tertiary/aromatic N) is 1. The third-order valence-corrected chi connectivity index (χ3v) is 4.23. The molecule has 0 aliphatic carbocycles. The van der Waals surface area contributed by atoms with E-state index in [0.717, 1.165) is 5.84 Å². The van der Waals surface area contributed by atoms with E-state index in [0.29, 0.717) is 17.2 Å². The van der Waals surface area contributed by atoms with Crippen LogP contribution in [0.15, 0.2) is 4.99 Å². The Balaban J connectivity index is 2.40. The zero-order valence-electron chi connectivity index (χ0n) is 9.49. The molecule has 3 atom stereocenters. The SMILES string of the molecule is CCCCC[C@@H]1N=C(N)[C@H](SC)[C@@H]1C. The first-order chi connectivity index (χ1) is 6.70. The molecule has 3 heteroatoms. The molecule has 0 saturated heterocycles. The molecule has 0 unspecified atom stereocenters. The fourth-order valence-electron chi connectivity index (χ4n) is 2.12. The van der Waals surface area contributed by atoms with Gasteiger partial charge in [-0.15, -0.1) is 0 Å². The van der Waals surface area contributed by atoms with Gasteiger partial charge in [0, 0.05) is 0 Å². The highest BCUT2D eigenvalue weighted by molar-refractivity contribution is 8.00. The van der Waals surface area contributed by atoms with Gasteiger partial charge in [0.2, 0.25) is 0 Å². The molecule has 1 aliphatic rings. The van der Waals surface area contributed by atoms with Gasteiger partial charge >= 0.3 is 0 Å². The monoisotopic (exact) mass is 214 g/mol. The summed E-state index contributed by atoms with van der Waals surface area (Å²) in [7, 11) is 0. The first kappa shape index (κ1) is 11.9. The van der Waals surface area contributed by atoms with Gasteiger partial charge in [0.25, 0.3) is 0 Å². The largest absolute Gasteiger partial charge is 0.387 e. The fraction of sp³-hybridized carbons (Fsp3) is 0.909. The van der Waals surface area contributed by atoms with Gasteiger partial charge in [0.15, 0.2) is 0 Å². The summed E-state index contributed by atoms with van der Waals surface area (Å²) in [5, 5.41) is 0.460. The first-order valence-corrected chi connectivity index (χ1v) is 6.85. The van der Waals surface area contributed by atoms with Crippen molar-refractivity contribution < 1.29 is 0 Å². The molecule has 1 rings (SSSR count). The molecule has 14 heavy (non-hydrogen) atoms. The van der Waals surface area contributed by atoms with Gasteiger partial charge in [-0.25, -0.2) is 0 Å². The minimum absolute atomic E-state index is 0.460. The number of rotatable bonds is 5. The van der Waals surface area contributed by atoms with Crippen molar-refractivity contribution in [2.45, 2.75) is 50.8 Å². The molecule has 0 spiro atoms. The first-order valence-electron chi connectivity index (χ1n) is 5.56. The maximum absolute atomic E-state index is 5.90. The Kier molecular flexibility index (Phi) is 4.79. The van der Waals surface area contributed by atoms with Crippen molar-refractivity contribution in [1.82, 2.24) is 0 Å². The number of aliphatic imine (C=N–C) groups is 1. The van der Waals surface area contributed by atoms with Crippen LogP contribution in [0.2, 0.25) is 0 Å². The van der Waals surface area contributed by atoms with Crippen molar-refractivity contribution in [3.63, 3.8) is 0 Å². The lowest BCUT2D eigenvalue weighted by Gasteiger charge is -2.17. The highest BCUT2D eigenvalue weighted by atomic mass is 32.2. The third-order valence-electron chi connectivity index (χ3n) is 3.05. The predicted molar refractivity (Wildman–Crippen MR) is 66.0 cm³/mol. The maximum Gasteiger partial charge on any atom is 0.108 e. The van der Waals surface area contributed by atoms with Crippen LogP contribution in [0.3, 0.4) is 0 Å². The molecule has 1 aliphatic heterocycles. The summed E-state index contributed by atoms with van der Waals surface area (Å²) in [6, 6.07) is 0.485. The van der Waals surface area contributed by atoms with Crippen molar-refractivity contribution in [1.29, 1.82) is 0 Å². The van der Waals surface area contributed by atoms with Crippen LogP contribution in [0.5, 0.6) is 0 Å². The molecule has 0 radical (unpaired) electrons. The molecular weight excluding hydrogens is 192 g/mol. The summed E-state index contributed by atoms with van der Waals surface area (Å²) in [4.78, 5) is 4.57. The third kappa shape index (κ3) is 2.66. The molecule has 1 heterocycles. The molecule has 0 aromatic heterocycles. The van der Waals surface area contributed by atoms with Crippen LogP contribution in [-0.4, -0.2) is 23.4 Å². The molecule has 0 amide bonds. The topological polar surface area (TPSA) is 38.4 Å². The molecule has 2 nitrogen and oxygen atoms in total. The minimum atomic E-state index is 0.460. The van der Waals surface area contributed by atoms with Gasteiger partial charge in [-0.3, -0.25) is 4.99 Å². The van der Waals surface area contributed by atoms with Crippen LogP contribution in [0, 0.1) is 5.92 Å². The lowest BCUT2D eigenvalue weighted by Crippen LogP contribution is -2.27. The van der Waals surface area contributed by atoms with Gasteiger partial charge in [-0.05, 0) is 18.6 Å². The highest BCUT2D eigenvalue weighted by Crippen LogP contribution is 2.30. The van der Waals surface area contributed by atoms with Gasteiger partial charge in [-0.2, -0.15) is 11.8 Å². The van der Waals surface area contributed by atoms with Gasteiger partial charge < -0.3 is 5.73 Å². The van der Waals surface area contributed by atoms with E-state index in [1.807, 2.05) is 11.8 Å². The van der Waals surface area contributed by atoms with Gasteiger partial charge in [0.05, 0.1) is 11.3 Å². The van der Waals surface area contributed by atoms with E-state index in [1.165, 1.54) is 25.7 Å². The van der Waals surface area contributed by atoms with Crippen LogP contribution >= 0.6 is 11.8 Å². The number of unbranched alkanes of at least 4 members (excludes halogenated alkanes) is 2. The summed E-state index contributed by atoms with van der Waals surface area (Å²) in [6.45, 7) is 4.52. The van der Waals surface area contributed by atoms with Crippen LogP contribution in [-0.2, 0) is 0 Å². The quantitative estimate of drug-likeness (QED) is 0.715. The molecule has 0 fully saturated rings. The van der Waals surface area contributed by atoms with E-state index >= 15 is 0 Å². The Bertz CT molecular complexity index is 203. The number of hydrogen-bond acceptors (Lipinski definition) is 3. The Labute approximate surface area is 91.7 Å². The molecule has 0 saturated carbocycles. The Morgan fingerprint density at radius 3 is 2.64 bits per heavy atom. The van der Waals surface area contributed by atoms with E-state index in [9.17, 15) is 0 Å². The number of amidine groups is 1. The van der Waals surface area contributed by atoms with Crippen molar-refractivity contribution in [2.75, 3.05) is 6.26 Å². The number of thioether (sulfide) groups is 1. The van der Waals surface area contributed by atoms with E-state index in [1.54, 1.807) is 0 Å². The van der Waals surface area contributed by atoms with Gasteiger partial charge in [-0.1, -0.05) is 33.1 Å². The summed E-state index contributed by atoms with van der Waals surface area (Å²) in [6.07, 6.45) is 7.24. The number of hydrogen-bond donors (Lipinski definition) is 1. The number of nitrogens with two attached hydrogens (primary N) is 1. The molecule has 0 aromatic rings. The summed E-state index contributed by atoms with van der Waals surface area (Å²) in [5.41, 5.74) is 5.90. The second-order valence-corrected chi connectivity index (χ2v) is 5.11. The molecule has 0 aromatic carbocycles. The van der Waals surface area contributed by atoms with E-state index in [2.05, 4.69) is 25.1 Å². The average molecular weight is 214 g/mol. The Morgan fingerprint density at radius 1 is 1.43 bits per heavy atom. The van der Waals surface area contributed by atoms with Crippen LogP contribution in [0.4, 0.5) is 0 Å². The van der Waals surface area contributed by atoms with E-state index in [-0.39, 0.29) is 0 Å². The minimum Gasteiger partial charge on any atom is -0.387 e. The smallest absolute Gasteiger partial charge is 0.108 e. The van der Waals surface area contributed by atoms with Crippen molar-refractivity contribution in [2.24, 2.45) is 16.6 Å². The van der Waals surface area contributed by atoms with Crippen LogP contribution in [0.1, 0.15) is 39.5 Å². The second-order valence-electron chi connectivity index (χ2n) is 4.13. The fourth-order valence-corrected chi connectivity index (χ4v) is 3.03. The van der Waals surface area contributed by atoms with Crippen molar-refractivity contribution in [3.05, 3.63) is 0 Å². The zero-order chi connectivity index (χ0) is 10.6. The normalized spacial score (nSPS) is 31.9. The average Bonchev–Trinajstić information content (AvgIpc) is 2.42. The Hall–Kier alpha value is -0.180. The van der Waals surface area contributed by atoms with Crippen molar-refractivity contribution in [3.8, 4) is 0 Å². The highest BCUT2D eigenvalue weighted by Gasteiger charge is 2.33. The predicted octanol–water partition coefficient (Wildman–Crippen LogP) is 2.67. The molecular formula is C11H22N2S. The second kappa shape index (κ2) is 5.64. The molecule has 2 N–H and O–H groups in total. The summed E-state index contributed by atoms with van der Waals surface area (Å²) in [5.74, 6) is 1.49. The Morgan fingerprint density at radius 2 is 2.14 bits per heavy atom. The van der Waals surface area contributed by atoms with Crippen LogP contribution < -0.4 is 5.73 Å². The molecule has 82 valence electrons. The maximum atomic E-state index is 5.90. The van der Waals surface area contributed by atoms with Crippen molar-refractivity contribution >= 4 is 17.6 Å². The lowest BCUT2D eigenvalue weighted by molar-refractivity contribution is 0.460. The van der Waals surface area contributed by atoms with Gasteiger partial charge in [0.1, 0.15) is 5.84 Å². The summed E-state index contributed by atoms with van der Waals surface area (Å²) >= 11 is 1.84.